The van der Waals surface area contributed by atoms with Crippen LogP contribution in [0.5, 0.6) is 0 Å². The molecule has 2 atom stereocenters. The summed E-state index contributed by atoms with van der Waals surface area (Å²) in [5, 5.41) is 0. The van der Waals surface area contributed by atoms with Gasteiger partial charge in [0.05, 0.1) is 11.1 Å². The third kappa shape index (κ3) is 3.70. The summed E-state index contributed by atoms with van der Waals surface area (Å²) in [6.45, 7) is 0.353. The number of ether oxygens (including phenoxy) is 3. The molecule has 1 aliphatic carbocycles. The first-order valence-corrected chi connectivity index (χ1v) is 13.8. The van der Waals surface area contributed by atoms with E-state index in [0.29, 0.717) is 55.3 Å². The van der Waals surface area contributed by atoms with Crippen LogP contribution in [0.4, 0.5) is 0 Å². The molecule has 2 aromatic rings. The van der Waals surface area contributed by atoms with Crippen molar-refractivity contribution in [1.29, 1.82) is 0 Å². The average Bonchev–Trinajstić information content (AvgIpc) is 3.16. The molecule has 5 aliphatic rings. The highest BCUT2D eigenvalue weighted by Gasteiger charge is 2.54. The Bertz CT molecular complexity index is 1340. The maximum atomic E-state index is 13.4. The SMILES string of the molecule is O=C1OC2(CCCCC2)CC2=C1C1O[C@](CCCCN3C(=O)c4ccccc4C3=O)(Cc3ccccc31)O2. The number of carbonyl (C=O) groups excluding carboxylic acids is 3. The molecule has 7 nitrogen and oxygen atoms in total. The molecular formula is C31H31NO6. The monoisotopic (exact) mass is 513 g/mol. The number of unbranched alkanes of at least 4 members (excludes halogenated alkanes) is 1. The fraction of sp³-hybridized carbons (Fsp3) is 0.452. The molecule has 1 saturated carbocycles. The number of benzene rings is 2. The summed E-state index contributed by atoms with van der Waals surface area (Å²) in [5.41, 5.74) is 3.11. The van der Waals surface area contributed by atoms with Crippen LogP contribution in [0.1, 0.15) is 95.7 Å². The van der Waals surface area contributed by atoms with Crippen LogP contribution in [0.25, 0.3) is 0 Å². The molecule has 2 aromatic carbocycles. The first-order valence-electron chi connectivity index (χ1n) is 13.8. The molecule has 196 valence electrons. The molecule has 2 bridgehead atoms. The standard InChI is InChI=1S/C31H31NO6/c33-27-22-12-4-5-13-23(22)28(34)32(27)17-9-8-16-31-18-20-10-2-3-11-21(20)26(37-31)25-24(36-31)19-30(38-29(25)35)14-6-1-7-15-30/h2-5,10-13,26H,1,6-9,14-19H2/t26?,31-/m1/s1. The fourth-order valence-electron chi connectivity index (χ4n) is 6.97. The number of amides is 2. The van der Waals surface area contributed by atoms with Gasteiger partial charge in [-0.15, -0.1) is 0 Å². The first kappa shape index (κ1) is 23.7. The molecule has 1 unspecified atom stereocenters. The average molecular weight is 514 g/mol. The Morgan fingerprint density at radius 2 is 1.53 bits per heavy atom. The molecule has 7 heteroatoms. The van der Waals surface area contributed by atoms with Crippen molar-refractivity contribution in [2.24, 2.45) is 0 Å². The Morgan fingerprint density at radius 1 is 0.816 bits per heavy atom. The Balaban J connectivity index is 1.11. The van der Waals surface area contributed by atoms with Crippen LogP contribution in [0.3, 0.4) is 0 Å². The van der Waals surface area contributed by atoms with Gasteiger partial charge in [0.15, 0.2) is 0 Å². The third-order valence-electron chi connectivity index (χ3n) is 8.85. The number of carbonyl (C=O) groups is 3. The van der Waals surface area contributed by atoms with Gasteiger partial charge in [-0.1, -0.05) is 42.8 Å². The van der Waals surface area contributed by atoms with Gasteiger partial charge < -0.3 is 14.2 Å². The van der Waals surface area contributed by atoms with E-state index < -0.39 is 17.5 Å². The minimum atomic E-state index is -0.882. The molecule has 4 aliphatic heterocycles. The molecule has 0 aromatic heterocycles. The van der Waals surface area contributed by atoms with Gasteiger partial charge in [-0.05, 0) is 61.8 Å². The number of rotatable bonds is 5. The van der Waals surface area contributed by atoms with Crippen molar-refractivity contribution in [3.8, 4) is 0 Å². The molecule has 7 rings (SSSR count). The van der Waals surface area contributed by atoms with Gasteiger partial charge in [0.1, 0.15) is 23.0 Å². The maximum Gasteiger partial charge on any atom is 0.341 e. The lowest BCUT2D eigenvalue weighted by atomic mass is 9.77. The van der Waals surface area contributed by atoms with E-state index in [1.165, 1.54) is 11.3 Å². The van der Waals surface area contributed by atoms with Gasteiger partial charge in [-0.25, -0.2) is 4.79 Å². The maximum absolute atomic E-state index is 13.4. The summed E-state index contributed by atoms with van der Waals surface area (Å²) < 4.78 is 19.4. The summed E-state index contributed by atoms with van der Waals surface area (Å²) in [5.74, 6) is -0.918. The van der Waals surface area contributed by atoms with Crippen molar-refractivity contribution in [1.82, 2.24) is 4.90 Å². The minimum Gasteiger partial charge on any atom is -0.465 e. The summed E-state index contributed by atoms with van der Waals surface area (Å²) in [4.78, 5) is 40.2. The molecule has 0 radical (unpaired) electrons. The van der Waals surface area contributed by atoms with Crippen LogP contribution in [0, 0.1) is 0 Å². The number of hydrogen-bond donors (Lipinski definition) is 0. The van der Waals surface area contributed by atoms with Crippen molar-refractivity contribution >= 4 is 17.8 Å². The molecular weight excluding hydrogens is 482 g/mol. The summed E-state index contributed by atoms with van der Waals surface area (Å²) >= 11 is 0. The second kappa shape index (κ2) is 8.80. The lowest BCUT2D eigenvalue weighted by Crippen LogP contribution is -2.52. The Labute approximate surface area is 221 Å². The predicted molar refractivity (Wildman–Crippen MR) is 137 cm³/mol. The zero-order chi connectivity index (χ0) is 25.9. The van der Waals surface area contributed by atoms with E-state index in [4.69, 9.17) is 14.2 Å². The van der Waals surface area contributed by atoms with E-state index in [1.807, 2.05) is 18.2 Å². The van der Waals surface area contributed by atoms with E-state index in [0.717, 1.165) is 42.6 Å². The largest absolute Gasteiger partial charge is 0.465 e. The highest BCUT2D eigenvalue weighted by Crippen LogP contribution is 2.53. The summed E-state index contributed by atoms with van der Waals surface area (Å²) in [6.07, 6.45) is 7.66. The molecule has 0 saturated heterocycles. The number of nitrogens with zero attached hydrogens (tertiary/aromatic N) is 1. The molecule has 2 amide bonds. The molecule has 4 heterocycles. The number of imide groups is 1. The zero-order valence-electron chi connectivity index (χ0n) is 21.4. The number of hydrogen-bond acceptors (Lipinski definition) is 6. The normalized spacial score (nSPS) is 27.0. The molecule has 1 spiro atoms. The van der Waals surface area contributed by atoms with Crippen LogP contribution < -0.4 is 0 Å². The second-order valence-corrected chi connectivity index (χ2v) is 11.3. The predicted octanol–water partition coefficient (Wildman–Crippen LogP) is 5.40. The van der Waals surface area contributed by atoms with Gasteiger partial charge in [-0.3, -0.25) is 14.5 Å². The Hall–Kier alpha value is -3.45. The lowest BCUT2D eigenvalue weighted by molar-refractivity contribution is -0.272. The van der Waals surface area contributed by atoms with Crippen LogP contribution in [-0.4, -0.2) is 40.6 Å². The first-order chi connectivity index (χ1) is 18.5. The van der Waals surface area contributed by atoms with Crippen molar-refractivity contribution in [2.75, 3.05) is 6.54 Å². The van der Waals surface area contributed by atoms with E-state index in [9.17, 15) is 14.4 Å². The van der Waals surface area contributed by atoms with Crippen molar-refractivity contribution < 1.29 is 28.6 Å². The quantitative estimate of drug-likeness (QED) is 0.303. The zero-order valence-corrected chi connectivity index (χ0v) is 21.4. The minimum absolute atomic E-state index is 0.228. The third-order valence-corrected chi connectivity index (χ3v) is 8.85. The van der Waals surface area contributed by atoms with E-state index in [-0.39, 0.29) is 17.8 Å². The van der Waals surface area contributed by atoms with Gasteiger partial charge in [0.25, 0.3) is 11.8 Å². The van der Waals surface area contributed by atoms with Gasteiger partial charge in [0.2, 0.25) is 5.79 Å². The Kier molecular flexibility index (Phi) is 5.48. The van der Waals surface area contributed by atoms with Crippen LogP contribution >= 0.6 is 0 Å². The van der Waals surface area contributed by atoms with Gasteiger partial charge in [0, 0.05) is 25.8 Å². The van der Waals surface area contributed by atoms with Crippen LogP contribution in [-0.2, 0) is 25.4 Å². The molecule has 38 heavy (non-hydrogen) atoms. The van der Waals surface area contributed by atoms with E-state index >= 15 is 0 Å². The number of esters is 1. The highest BCUT2D eigenvalue weighted by molar-refractivity contribution is 6.21. The second-order valence-electron chi connectivity index (χ2n) is 11.3. The van der Waals surface area contributed by atoms with Crippen molar-refractivity contribution in [3.05, 3.63) is 82.1 Å². The lowest BCUT2D eigenvalue weighted by Gasteiger charge is -2.51. The van der Waals surface area contributed by atoms with E-state index in [1.54, 1.807) is 24.3 Å². The van der Waals surface area contributed by atoms with Gasteiger partial charge >= 0.3 is 5.97 Å². The highest BCUT2D eigenvalue weighted by atomic mass is 16.7. The fourth-order valence-corrected chi connectivity index (χ4v) is 6.97. The molecule has 0 N–H and O–H groups in total. The molecule has 1 fully saturated rings. The smallest absolute Gasteiger partial charge is 0.341 e. The van der Waals surface area contributed by atoms with Crippen molar-refractivity contribution in [2.45, 2.75) is 81.7 Å². The Morgan fingerprint density at radius 3 is 2.29 bits per heavy atom. The van der Waals surface area contributed by atoms with E-state index in [2.05, 4.69) is 6.07 Å². The summed E-state index contributed by atoms with van der Waals surface area (Å²) in [7, 11) is 0. The van der Waals surface area contributed by atoms with Gasteiger partial charge in [-0.2, -0.15) is 0 Å². The van der Waals surface area contributed by atoms with Crippen LogP contribution in [0.15, 0.2) is 59.9 Å². The van der Waals surface area contributed by atoms with Crippen molar-refractivity contribution in [3.63, 3.8) is 0 Å². The van der Waals surface area contributed by atoms with Crippen LogP contribution in [0.2, 0.25) is 0 Å². The topological polar surface area (TPSA) is 82.1 Å². The number of fused-ring (bicyclic) bond motifs is 6. The summed E-state index contributed by atoms with van der Waals surface area (Å²) in [6, 6.07) is 15.1.